The van der Waals surface area contributed by atoms with Crippen LogP contribution in [0.3, 0.4) is 0 Å². The van der Waals surface area contributed by atoms with Crippen LogP contribution in [0, 0.1) is 0 Å². The molecular weight excluding hydrogens is 576 g/mol. The summed E-state index contributed by atoms with van der Waals surface area (Å²) in [7, 11) is 0. The van der Waals surface area contributed by atoms with Crippen molar-refractivity contribution in [3.05, 3.63) is 57.1 Å². The molecule has 2 aliphatic rings. The van der Waals surface area contributed by atoms with E-state index in [2.05, 4.69) is 20.4 Å². The number of hydrogen-bond acceptors (Lipinski definition) is 12. The van der Waals surface area contributed by atoms with E-state index in [0.717, 1.165) is 64.5 Å². The minimum Gasteiger partial charge on any atom is -0.459 e. The van der Waals surface area contributed by atoms with E-state index in [0.29, 0.717) is 42.5 Å². The zero-order valence-electron chi connectivity index (χ0n) is 22.7. The molecule has 5 N–H and O–H groups in total. The maximum Gasteiger partial charge on any atom is 0.254 e. The number of carbonyl (C=O) groups is 1. The molecule has 0 spiro atoms. The molecule has 0 radical (unpaired) electrons. The average Bonchev–Trinajstić information content (AvgIpc) is 3.75. The normalized spacial score (nSPS) is 19.5. The van der Waals surface area contributed by atoms with Crippen LogP contribution in [0.4, 0.5) is 10.9 Å². The average molecular weight is 607 g/mol. The Kier molecular flexibility index (Phi) is 7.14. The number of hydrogen-bond donors (Lipinski definition) is 3. The van der Waals surface area contributed by atoms with Crippen molar-refractivity contribution in [2.24, 2.45) is 11.5 Å². The quantitative estimate of drug-likeness (QED) is 0.250. The van der Waals surface area contributed by atoms with Gasteiger partial charge in [-0.3, -0.25) is 14.0 Å². The van der Waals surface area contributed by atoms with Gasteiger partial charge in [0.15, 0.2) is 11.2 Å². The highest BCUT2D eigenvalue weighted by atomic mass is 32.1. The molecule has 2 atom stereocenters. The number of anilines is 2. The van der Waals surface area contributed by atoms with E-state index in [1.807, 2.05) is 11.4 Å². The first-order valence-electron chi connectivity index (χ1n) is 14.0. The Morgan fingerprint density at radius 1 is 1.19 bits per heavy atom. The van der Waals surface area contributed by atoms with Crippen LogP contribution < -0.4 is 27.1 Å². The minimum absolute atomic E-state index is 0.00928. The van der Waals surface area contributed by atoms with Crippen LogP contribution >= 0.6 is 22.7 Å². The number of fused-ring (bicyclic) bond motifs is 2. The number of carbonyl (C=O) groups excluding carboxylic acids is 1. The van der Waals surface area contributed by atoms with Crippen molar-refractivity contribution < 1.29 is 13.9 Å². The second-order valence-electron chi connectivity index (χ2n) is 10.7. The van der Waals surface area contributed by atoms with E-state index in [4.69, 9.17) is 25.6 Å². The van der Waals surface area contributed by atoms with Gasteiger partial charge < -0.3 is 30.8 Å². The van der Waals surface area contributed by atoms with Crippen molar-refractivity contribution in [2.45, 2.75) is 44.2 Å². The molecule has 0 aromatic carbocycles. The maximum atomic E-state index is 12.9. The predicted octanol–water partition coefficient (Wildman–Crippen LogP) is 3.23. The molecule has 218 valence electrons. The van der Waals surface area contributed by atoms with E-state index >= 15 is 0 Å². The van der Waals surface area contributed by atoms with Crippen molar-refractivity contribution >= 4 is 55.5 Å². The van der Waals surface area contributed by atoms with Crippen molar-refractivity contribution in [3.63, 3.8) is 0 Å². The fraction of sp³-hybridized carbons (Fsp3) is 0.393. The maximum absolute atomic E-state index is 12.9. The number of ether oxygens (including phenoxy) is 1. The number of nitrogens with zero attached hydrogens (tertiary/aromatic N) is 5. The SMILES string of the molecule is NC(=O)c1c(Cc2csc(-c3coc4c(=O)cc(N5CCOCC5)sc34)c2)nc(N[C@H]2CCCC[C@H]2N)n2cnnc12. The molecule has 14 heteroatoms. The zero-order chi connectivity index (χ0) is 28.8. The third-order valence-electron chi connectivity index (χ3n) is 7.95. The third-order valence-corrected chi connectivity index (χ3v) is 10.2. The summed E-state index contributed by atoms with van der Waals surface area (Å²) in [5.41, 5.74) is 15.4. The Labute approximate surface area is 248 Å². The molecular formula is C28H30N8O4S2. The Hall–Kier alpha value is -3.85. The number of thiophene rings is 1. The largest absolute Gasteiger partial charge is 0.459 e. The van der Waals surface area contributed by atoms with Gasteiger partial charge in [-0.05, 0) is 29.9 Å². The fourth-order valence-electron chi connectivity index (χ4n) is 5.76. The first-order valence-corrected chi connectivity index (χ1v) is 15.7. The summed E-state index contributed by atoms with van der Waals surface area (Å²) in [6, 6.07) is 3.75. The summed E-state index contributed by atoms with van der Waals surface area (Å²) >= 11 is 3.09. The van der Waals surface area contributed by atoms with Gasteiger partial charge in [-0.2, -0.15) is 0 Å². The van der Waals surface area contributed by atoms with E-state index in [1.165, 1.54) is 6.33 Å². The highest BCUT2D eigenvalue weighted by molar-refractivity contribution is 7.23. The number of aromatic nitrogens is 4. The lowest BCUT2D eigenvalue weighted by Crippen LogP contribution is -2.43. The molecule has 0 bridgehead atoms. The van der Waals surface area contributed by atoms with Crippen molar-refractivity contribution in [3.8, 4) is 10.4 Å². The third kappa shape index (κ3) is 4.93. The summed E-state index contributed by atoms with van der Waals surface area (Å²) in [5.74, 6) is -0.0813. The van der Waals surface area contributed by atoms with Crippen LogP contribution in [0.2, 0.25) is 0 Å². The van der Waals surface area contributed by atoms with Gasteiger partial charge in [0.2, 0.25) is 11.4 Å². The molecule has 1 saturated heterocycles. The molecule has 7 rings (SSSR count). The van der Waals surface area contributed by atoms with Gasteiger partial charge in [-0.1, -0.05) is 12.8 Å². The summed E-state index contributed by atoms with van der Waals surface area (Å²) in [6.45, 7) is 2.76. The molecule has 1 aliphatic carbocycles. The minimum atomic E-state index is -0.617. The number of rotatable bonds is 7. The highest BCUT2D eigenvalue weighted by Gasteiger charge is 2.26. The first-order chi connectivity index (χ1) is 20.5. The Morgan fingerprint density at radius 3 is 2.83 bits per heavy atom. The Bertz CT molecular complexity index is 1840. The number of amides is 1. The summed E-state index contributed by atoms with van der Waals surface area (Å²) in [6.07, 6.45) is 7.60. The van der Waals surface area contributed by atoms with Crippen LogP contribution in [0.25, 0.3) is 26.4 Å². The summed E-state index contributed by atoms with van der Waals surface area (Å²) in [5, 5.41) is 14.6. The molecule has 1 amide bonds. The second-order valence-corrected chi connectivity index (χ2v) is 12.6. The van der Waals surface area contributed by atoms with Gasteiger partial charge in [-0.15, -0.1) is 32.9 Å². The lowest BCUT2D eigenvalue weighted by molar-refractivity contribution is 0.1000. The second kappa shape index (κ2) is 11.1. The lowest BCUT2D eigenvalue weighted by atomic mass is 9.91. The van der Waals surface area contributed by atoms with E-state index < -0.39 is 5.91 Å². The van der Waals surface area contributed by atoms with E-state index in [-0.39, 0.29) is 23.1 Å². The molecule has 1 saturated carbocycles. The fourth-order valence-corrected chi connectivity index (χ4v) is 7.94. The molecule has 1 aliphatic heterocycles. The standard InChI is InChI=1S/C28H30N8O4S2/c29-17-3-1-2-4-18(17)32-28-33-19(23(26(30)38)27-34-31-14-36(27)28)9-15-10-21(41-13-15)16-12-40-24-20(37)11-22(42-25(16)24)35-5-7-39-8-6-35/h10-14,17-18H,1-9,29H2,(H2,30,38)(H,32,33)/t17-,18+/m1/s1. The Morgan fingerprint density at radius 2 is 2.02 bits per heavy atom. The monoisotopic (exact) mass is 606 g/mol. The Balaban J connectivity index is 1.23. The topological polar surface area (TPSA) is 167 Å². The predicted molar refractivity (Wildman–Crippen MR) is 163 cm³/mol. The lowest BCUT2D eigenvalue weighted by Gasteiger charge is -2.30. The van der Waals surface area contributed by atoms with E-state index in [9.17, 15) is 9.59 Å². The van der Waals surface area contributed by atoms with Gasteiger partial charge in [0, 0.05) is 48.1 Å². The smallest absolute Gasteiger partial charge is 0.254 e. The van der Waals surface area contributed by atoms with Gasteiger partial charge in [0.05, 0.1) is 28.6 Å². The zero-order valence-corrected chi connectivity index (χ0v) is 24.4. The van der Waals surface area contributed by atoms with Crippen LogP contribution in [-0.4, -0.2) is 63.9 Å². The van der Waals surface area contributed by atoms with Gasteiger partial charge >= 0.3 is 0 Å². The molecule has 2 fully saturated rings. The van der Waals surface area contributed by atoms with Crippen LogP contribution in [0.15, 0.2) is 39.3 Å². The number of nitrogens with two attached hydrogens (primary N) is 2. The molecule has 5 aromatic rings. The van der Waals surface area contributed by atoms with Crippen LogP contribution in [0.1, 0.15) is 47.3 Å². The number of furan rings is 1. The van der Waals surface area contributed by atoms with Gasteiger partial charge in [-0.25, -0.2) is 4.98 Å². The van der Waals surface area contributed by atoms with Crippen molar-refractivity contribution in [1.29, 1.82) is 0 Å². The molecule has 6 heterocycles. The molecule has 5 aromatic heterocycles. The van der Waals surface area contributed by atoms with Gasteiger partial charge in [0.25, 0.3) is 5.91 Å². The molecule has 12 nitrogen and oxygen atoms in total. The molecule has 42 heavy (non-hydrogen) atoms. The highest BCUT2D eigenvalue weighted by Crippen LogP contribution is 2.39. The van der Waals surface area contributed by atoms with E-state index in [1.54, 1.807) is 39.4 Å². The number of nitrogens with one attached hydrogen (secondary N) is 1. The van der Waals surface area contributed by atoms with Crippen LogP contribution in [0.5, 0.6) is 0 Å². The van der Waals surface area contributed by atoms with Crippen molar-refractivity contribution in [2.75, 3.05) is 36.5 Å². The van der Waals surface area contributed by atoms with Crippen molar-refractivity contribution in [1.82, 2.24) is 19.6 Å². The summed E-state index contributed by atoms with van der Waals surface area (Å²) in [4.78, 5) is 33.5. The molecule has 0 unspecified atom stereocenters. The number of primary amides is 1. The number of morpholine rings is 1. The first kappa shape index (κ1) is 27.0. The van der Waals surface area contributed by atoms with Gasteiger partial charge in [0.1, 0.15) is 18.2 Å². The van der Waals surface area contributed by atoms with Crippen LogP contribution in [-0.2, 0) is 11.2 Å². The summed E-state index contributed by atoms with van der Waals surface area (Å²) < 4.78 is 13.7.